The first kappa shape index (κ1) is 6.80. The van der Waals surface area contributed by atoms with E-state index in [1.54, 1.807) is 0 Å². The molecule has 0 aliphatic carbocycles. The highest BCUT2D eigenvalue weighted by Crippen LogP contribution is 2.29. The van der Waals surface area contributed by atoms with Crippen molar-refractivity contribution < 1.29 is 4.21 Å². The average Bonchev–Trinajstić information content (AvgIpc) is 2.30. The molecule has 1 unspecified atom stereocenters. The molecule has 0 saturated carbocycles. The van der Waals surface area contributed by atoms with Gasteiger partial charge in [-0.25, -0.2) is 0 Å². The van der Waals surface area contributed by atoms with Gasteiger partial charge in [0.05, 0.1) is 16.6 Å². The van der Waals surface area contributed by atoms with Crippen LogP contribution in [0.15, 0.2) is 35.7 Å². The van der Waals surface area contributed by atoms with Crippen molar-refractivity contribution in [3.63, 3.8) is 0 Å². The molecule has 0 aromatic heterocycles. The van der Waals surface area contributed by atoms with Crippen LogP contribution >= 0.6 is 0 Å². The van der Waals surface area contributed by atoms with Crippen molar-refractivity contribution in [2.75, 3.05) is 5.75 Å². The van der Waals surface area contributed by atoms with E-state index in [1.165, 1.54) is 0 Å². The van der Waals surface area contributed by atoms with Crippen LogP contribution in [0.2, 0.25) is 0 Å². The predicted octanol–water partition coefficient (Wildman–Crippen LogP) is 1.82. The fraction of sp³-hybridized carbons (Fsp3) is 0.111. The maximum absolute atomic E-state index is 11.3. The van der Waals surface area contributed by atoms with Crippen molar-refractivity contribution in [3.8, 4) is 0 Å². The van der Waals surface area contributed by atoms with Crippen molar-refractivity contribution in [3.05, 3.63) is 36.4 Å². The Hall–Kier alpha value is -0.890. The Balaban J connectivity index is 2.69. The molecule has 0 bridgehead atoms. The topological polar surface area (TPSA) is 17.1 Å². The molecular formula is C9H8OS. The maximum atomic E-state index is 11.3. The Labute approximate surface area is 68.2 Å². The normalized spacial score (nSPS) is 21.8. The summed E-state index contributed by atoms with van der Waals surface area (Å²) in [6, 6.07) is 7.74. The molecule has 0 spiro atoms. The SMILES string of the molecule is C=C1CS(=O)c2ccccc21. The number of fused-ring (bicyclic) bond motifs is 1. The first-order chi connectivity index (χ1) is 5.29. The number of hydrogen-bond acceptors (Lipinski definition) is 1. The molecular weight excluding hydrogens is 156 g/mol. The van der Waals surface area contributed by atoms with Crippen molar-refractivity contribution in [1.29, 1.82) is 0 Å². The molecule has 1 nitrogen and oxygen atoms in total. The second-order valence-corrected chi connectivity index (χ2v) is 4.01. The van der Waals surface area contributed by atoms with Gasteiger partial charge in [-0.15, -0.1) is 0 Å². The molecule has 1 aliphatic heterocycles. The lowest BCUT2D eigenvalue weighted by Gasteiger charge is -1.93. The molecule has 2 rings (SSSR count). The van der Waals surface area contributed by atoms with Crippen LogP contribution in [0.1, 0.15) is 5.56 Å². The van der Waals surface area contributed by atoms with E-state index in [9.17, 15) is 4.21 Å². The lowest BCUT2D eigenvalue weighted by atomic mass is 10.1. The Morgan fingerprint density at radius 3 is 2.82 bits per heavy atom. The van der Waals surface area contributed by atoms with Gasteiger partial charge in [0.15, 0.2) is 0 Å². The molecule has 1 aliphatic rings. The highest BCUT2D eigenvalue weighted by Gasteiger charge is 2.19. The Bertz CT molecular complexity index is 308. The quantitative estimate of drug-likeness (QED) is 0.571. The minimum absolute atomic E-state index is 0.610. The summed E-state index contributed by atoms with van der Waals surface area (Å²) >= 11 is 0. The van der Waals surface area contributed by atoms with E-state index in [1.807, 2.05) is 24.3 Å². The molecule has 0 saturated heterocycles. The number of rotatable bonds is 0. The van der Waals surface area contributed by atoms with Gasteiger partial charge >= 0.3 is 0 Å². The first-order valence-corrected chi connectivity index (χ1v) is 4.76. The Morgan fingerprint density at radius 1 is 1.36 bits per heavy atom. The summed E-state index contributed by atoms with van der Waals surface area (Å²) in [6.07, 6.45) is 0. The highest BCUT2D eigenvalue weighted by molar-refractivity contribution is 7.86. The van der Waals surface area contributed by atoms with E-state index in [0.717, 1.165) is 16.0 Å². The van der Waals surface area contributed by atoms with Crippen molar-refractivity contribution in [1.82, 2.24) is 0 Å². The maximum Gasteiger partial charge on any atom is 0.0580 e. The highest BCUT2D eigenvalue weighted by atomic mass is 32.2. The summed E-state index contributed by atoms with van der Waals surface area (Å²) in [5, 5.41) is 0. The van der Waals surface area contributed by atoms with Gasteiger partial charge in [-0.1, -0.05) is 24.8 Å². The van der Waals surface area contributed by atoms with Gasteiger partial charge in [0.2, 0.25) is 0 Å². The lowest BCUT2D eigenvalue weighted by Crippen LogP contribution is -1.85. The van der Waals surface area contributed by atoms with E-state index in [2.05, 4.69) is 6.58 Å². The molecule has 11 heavy (non-hydrogen) atoms. The zero-order valence-electron chi connectivity index (χ0n) is 6.04. The van der Waals surface area contributed by atoms with Crippen molar-refractivity contribution >= 4 is 16.4 Å². The summed E-state index contributed by atoms with van der Waals surface area (Å²) in [6.45, 7) is 3.85. The van der Waals surface area contributed by atoms with Crippen LogP contribution in [0.25, 0.3) is 5.57 Å². The monoisotopic (exact) mass is 164 g/mol. The zero-order chi connectivity index (χ0) is 7.84. The molecule has 56 valence electrons. The van der Waals surface area contributed by atoms with Crippen LogP contribution in [0.4, 0.5) is 0 Å². The number of benzene rings is 1. The summed E-state index contributed by atoms with van der Waals surface area (Å²) in [4.78, 5) is 0.942. The van der Waals surface area contributed by atoms with E-state index >= 15 is 0 Å². The Kier molecular flexibility index (Phi) is 1.43. The van der Waals surface area contributed by atoms with Crippen LogP contribution in [-0.2, 0) is 10.8 Å². The zero-order valence-corrected chi connectivity index (χ0v) is 6.86. The third-order valence-corrected chi connectivity index (χ3v) is 3.28. The fourth-order valence-electron chi connectivity index (χ4n) is 1.27. The molecule has 1 aromatic rings. The van der Waals surface area contributed by atoms with Gasteiger partial charge in [-0.05, 0) is 17.2 Å². The Morgan fingerprint density at radius 2 is 2.09 bits per heavy atom. The smallest absolute Gasteiger partial charge is 0.0580 e. The fourth-order valence-corrected chi connectivity index (χ4v) is 2.59. The second-order valence-electron chi connectivity index (χ2n) is 2.59. The van der Waals surface area contributed by atoms with Gasteiger partial charge in [0.1, 0.15) is 0 Å². The third kappa shape index (κ3) is 0.942. The second kappa shape index (κ2) is 2.31. The summed E-state index contributed by atoms with van der Waals surface area (Å²) < 4.78 is 11.3. The minimum Gasteiger partial charge on any atom is -0.254 e. The average molecular weight is 164 g/mol. The van der Waals surface area contributed by atoms with E-state index in [-0.39, 0.29) is 0 Å². The van der Waals surface area contributed by atoms with Gasteiger partial charge in [0.25, 0.3) is 0 Å². The summed E-state index contributed by atoms with van der Waals surface area (Å²) in [5.41, 5.74) is 2.07. The van der Waals surface area contributed by atoms with Crippen molar-refractivity contribution in [2.24, 2.45) is 0 Å². The summed E-state index contributed by atoms with van der Waals surface area (Å²) in [7, 11) is -0.827. The molecule has 1 aromatic carbocycles. The molecule has 0 fully saturated rings. The molecule has 0 radical (unpaired) electrons. The van der Waals surface area contributed by atoms with Crippen LogP contribution in [0.3, 0.4) is 0 Å². The van der Waals surface area contributed by atoms with E-state index in [4.69, 9.17) is 0 Å². The minimum atomic E-state index is -0.827. The van der Waals surface area contributed by atoms with E-state index < -0.39 is 10.8 Å². The van der Waals surface area contributed by atoms with Gasteiger partial charge in [0, 0.05) is 4.90 Å². The van der Waals surface area contributed by atoms with Gasteiger partial charge in [-0.2, -0.15) is 0 Å². The van der Waals surface area contributed by atoms with Crippen LogP contribution in [-0.4, -0.2) is 9.96 Å². The predicted molar refractivity (Wildman–Crippen MR) is 46.8 cm³/mol. The van der Waals surface area contributed by atoms with Crippen LogP contribution < -0.4 is 0 Å². The standard InChI is InChI=1S/C9H8OS/c1-7-6-11(10)9-5-3-2-4-8(7)9/h2-5H,1,6H2. The van der Waals surface area contributed by atoms with Gasteiger partial charge in [-0.3, -0.25) is 4.21 Å². The molecule has 1 atom stereocenters. The van der Waals surface area contributed by atoms with Gasteiger partial charge < -0.3 is 0 Å². The first-order valence-electron chi connectivity index (χ1n) is 3.44. The lowest BCUT2D eigenvalue weighted by molar-refractivity contribution is 0.686. The molecule has 2 heteroatoms. The third-order valence-electron chi connectivity index (χ3n) is 1.82. The van der Waals surface area contributed by atoms with Crippen molar-refractivity contribution in [2.45, 2.75) is 4.90 Å². The van der Waals surface area contributed by atoms with E-state index in [0.29, 0.717) is 5.75 Å². The number of hydrogen-bond donors (Lipinski definition) is 0. The van der Waals surface area contributed by atoms with Crippen LogP contribution in [0.5, 0.6) is 0 Å². The summed E-state index contributed by atoms with van der Waals surface area (Å²) in [5.74, 6) is 0.610. The largest absolute Gasteiger partial charge is 0.254 e. The molecule has 0 amide bonds. The molecule has 0 N–H and O–H groups in total. The molecule has 1 heterocycles. The van der Waals surface area contributed by atoms with Crippen LogP contribution in [0, 0.1) is 0 Å².